The van der Waals surface area contributed by atoms with Crippen LogP contribution in [0.2, 0.25) is 0 Å². The molecule has 1 rings (SSSR count). The lowest BCUT2D eigenvalue weighted by atomic mass is 10.1. The second-order valence-corrected chi connectivity index (χ2v) is 6.82. The maximum atomic E-state index is 12.0. The van der Waals surface area contributed by atoms with Gasteiger partial charge in [-0.2, -0.15) is 0 Å². The molecule has 0 heterocycles. The predicted molar refractivity (Wildman–Crippen MR) is 79.9 cm³/mol. The molecular weight excluding hydrogens is 294 g/mol. The Morgan fingerprint density at radius 2 is 2.05 bits per heavy atom. The molecule has 1 aromatic rings. The molecule has 0 saturated heterocycles. The van der Waals surface area contributed by atoms with Crippen LogP contribution in [0.3, 0.4) is 0 Å². The minimum Gasteiger partial charge on any atom is -0.496 e. The normalized spacial score (nSPS) is 12.8. The van der Waals surface area contributed by atoms with E-state index in [1.807, 2.05) is 13.0 Å². The molecule has 6 nitrogen and oxygen atoms in total. The molecule has 0 bridgehead atoms. The summed E-state index contributed by atoms with van der Waals surface area (Å²) >= 11 is 0. The van der Waals surface area contributed by atoms with E-state index in [4.69, 9.17) is 10.5 Å². The van der Waals surface area contributed by atoms with Crippen LogP contribution in [-0.2, 0) is 19.4 Å². The molecule has 0 aliphatic heterocycles. The molecule has 0 saturated carbocycles. The zero-order valence-electron chi connectivity index (χ0n) is 12.5. The summed E-state index contributed by atoms with van der Waals surface area (Å²) in [6, 6.07) is 4.60. The largest absolute Gasteiger partial charge is 0.496 e. The van der Waals surface area contributed by atoms with Crippen LogP contribution in [0.5, 0.6) is 5.75 Å². The topological polar surface area (TPSA) is 95.7 Å². The van der Waals surface area contributed by atoms with Crippen LogP contribution < -0.4 is 10.5 Å². The molecule has 0 amide bonds. The Labute approximate surface area is 125 Å². The average molecular weight is 315 g/mol. The molecule has 118 valence electrons. The summed E-state index contributed by atoms with van der Waals surface area (Å²) in [5.74, 6) is -1.24. The average Bonchev–Trinajstić information content (AvgIpc) is 2.37. The van der Waals surface area contributed by atoms with Crippen LogP contribution >= 0.6 is 0 Å². The molecule has 0 aromatic heterocycles. The first-order valence-corrected chi connectivity index (χ1v) is 8.37. The number of rotatable bonds is 7. The van der Waals surface area contributed by atoms with Crippen molar-refractivity contribution in [3.05, 3.63) is 29.3 Å². The Balaban J connectivity index is 2.87. The Bertz CT molecular complexity index is 597. The Kier molecular flexibility index (Phi) is 6.17. The highest BCUT2D eigenvalue weighted by molar-refractivity contribution is 7.92. The summed E-state index contributed by atoms with van der Waals surface area (Å²) in [5.41, 5.74) is 7.51. The van der Waals surface area contributed by atoms with Crippen LogP contribution in [0.25, 0.3) is 0 Å². The first kappa shape index (κ1) is 17.5. The molecule has 1 unspecified atom stereocenters. The number of methoxy groups -OCH3 is 1. The second kappa shape index (κ2) is 7.42. The zero-order chi connectivity index (χ0) is 16.0. The second-order valence-electron chi connectivity index (χ2n) is 4.71. The number of ether oxygens (including phenoxy) is 2. The van der Waals surface area contributed by atoms with Gasteiger partial charge in [0, 0.05) is 11.6 Å². The fourth-order valence-corrected chi connectivity index (χ4v) is 3.24. The number of carbonyl (C=O) groups excluding carboxylic acids is 1. The molecular formula is C14H21NO5S. The first-order valence-electron chi connectivity index (χ1n) is 6.55. The van der Waals surface area contributed by atoms with Gasteiger partial charge in [0.15, 0.2) is 9.84 Å². The lowest BCUT2D eigenvalue weighted by Crippen LogP contribution is -2.28. The number of hydrogen-bond donors (Lipinski definition) is 1. The summed E-state index contributed by atoms with van der Waals surface area (Å²) in [6.45, 7) is 3.64. The van der Waals surface area contributed by atoms with Crippen molar-refractivity contribution >= 4 is 15.8 Å². The third-order valence-corrected chi connectivity index (χ3v) is 4.40. The fourth-order valence-electron chi connectivity index (χ4n) is 1.95. The van der Waals surface area contributed by atoms with E-state index in [9.17, 15) is 13.2 Å². The van der Waals surface area contributed by atoms with Crippen LogP contribution in [0.4, 0.5) is 0 Å². The van der Waals surface area contributed by atoms with Crippen LogP contribution in [0.1, 0.15) is 24.1 Å². The number of sulfone groups is 1. The number of esters is 1. The van der Waals surface area contributed by atoms with Gasteiger partial charge in [0.2, 0.25) is 0 Å². The standard InChI is InChI=1S/C14H21NO5S/c1-4-20-14(16)9-21(17,18)8-12(15)11-7-10(2)5-6-13(11)19-3/h5-7,12H,4,8-9,15H2,1-3H3. The molecule has 0 radical (unpaired) electrons. The van der Waals surface area contributed by atoms with E-state index < -0.39 is 27.6 Å². The van der Waals surface area contributed by atoms with Gasteiger partial charge < -0.3 is 15.2 Å². The number of benzene rings is 1. The molecule has 0 aliphatic rings. The van der Waals surface area contributed by atoms with E-state index in [1.54, 1.807) is 19.1 Å². The van der Waals surface area contributed by atoms with E-state index >= 15 is 0 Å². The minimum atomic E-state index is -3.64. The van der Waals surface area contributed by atoms with Gasteiger partial charge in [-0.15, -0.1) is 0 Å². The molecule has 1 atom stereocenters. The number of aryl methyl sites for hydroxylation is 1. The monoisotopic (exact) mass is 315 g/mol. The van der Waals surface area contributed by atoms with E-state index in [1.165, 1.54) is 7.11 Å². The molecule has 1 aromatic carbocycles. The molecule has 0 fully saturated rings. The van der Waals surface area contributed by atoms with Crippen molar-refractivity contribution in [2.45, 2.75) is 19.9 Å². The molecule has 7 heteroatoms. The molecule has 2 N–H and O–H groups in total. The van der Waals surface area contributed by atoms with Crippen LogP contribution in [-0.4, -0.2) is 39.6 Å². The van der Waals surface area contributed by atoms with Crippen LogP contribution in [0, 0.1) is 6.92 Å². The fraction of sp³-hybridized carbons (Fsp3) is 0.500. The smallest absolute Gasteiger partial charge is 0.321 e. The van der Waals surface area contributed by atoms with Gasteiger partial charge >= 0.3 is 5.97 Å². The minimum absolute atomic E-state index is 0.145. The third kappa shape index (κ3) is 5.35. The molecule has 21 heavy (non-hydrogen) atoms. The molecule has 0 aliphatic carbocycles. The van der Waals surface area contributed by atoms with Gasteiger partial charge in [0.05, 0.1) is 19.5 Å². The van der Waals surface area contributed by atoms with E-state index in [-0.39, 0.29) is 12.4 Å². The van der Waals surface area contributed by atoms with Crippen molar-refractivity contribution in [2.75, 3.05) is 25.2 Å². The Morgan fingerprint density at radius 1 is 1.38 bits per heavy atom. The predicted octanol–water partition coefficient (Wildman–Crippen LogP) is 0.981. The maximum Gasteiger partial charge on any atom is 0.321 e. The Morgan fingerprint density at radius 3 is 2.62 bits per heavy atom. The lowest BCUT2D eigenvalue weighted by molar-refractivity contribution is -0.139. The highest BCUT2D eigenvalue weighted by Gasteiger charge is 2.23. The van der Waals surface area contributed by atoms with Gasteiger partial charge in [-0.3, -0.25) is 4.79 Å². The SMILES string of the molecule is CCOC(=O)CS(=O)(=O)CC(N)c1cc(C)ccc1OC. The number of carbonyl (C=O) groups is 1. The van der Waals surface area contributed by atoms with Crippen molar-refractivity contribution in [3.63, 3.8) is 0 Å². The summed E-state index contributed by atoms with van der Waals surface area (Å²) in [7, 11) is -2.15. The summed E-state index contributed by atoms with van der Waals surface area (Å²) in [6.07, 6.45) is 0. The van der Waals surface area contributed by atoms with Crippen molar-refractivity contribution in [2.24, 2.45) is 5.73 Å². The van der Waals surface area contributed by atoms with Crippen LogP contribution in [0.15, 0.2) is 18.2 Å². The van der Waals surface area contributed by atoms with Crippen molar-refractivity contribution < 1.29 is 22.7 Å². The van der Waals surface area contributed by atoms with Gasteiger partial charge in [-0.05, 0) is 19.9 Å². The van der Waals surface area contributed by atoms with Crippen molar-refractivity contribution in [1.29, 1.82) is 0 Å². The quantitative estimate of drug-likeness (QED) is 0.754. The lowest BCUT2D eigenvalue weighted by Gasteiger charge is -2.16. The summed E-state index contributed by atoms with van der Waals surface area (Å²) < 4.78 is 33.8. The number of nitrogens with two attached hydrogens (primary N) is 1. The zero-order valence-corrected chi connectivity index (χ0v) is 13.3. The highest BCUT2D eigenvalue weighted by atomic mass is 32.2. The van der Waals surface area contributed by atoms with Gasteiger partial charge in [0.25, 0.3) is 0 Å². The summed E-state index contributed by atoms with van der Waals surface area (Å²) in [4.78, 5) is 11.3. The molecule has 0 spiro atoms. The van der Waals surface area contributed by atoms with Gasteiger partial charge in [-0.1, -0.05) is 17.7 Å². The first-order chi connectivity index (χ1) is 9.79. The van der Waals surface area contributed by atoms with E-state index in [2.05, 4.69) is 4.74 Å². The van der Waals surface area contributed by atoms with Gasteiger partial charge in [-0.25, -0.2) is 8.42 Å². The highest BCUT2D eigenvalue weighted by Crippen LogP contribution is 2.26. The van der Waals surface area contributed by atoms with E-state index in [0.717, 1.165) is 5.56 Å². The Hall–Kier alpha value is -1.60. The van der Waals surface area contributed by atoms with Crippen molar-refractivity contribution in [3.8, 4) is 5.75 Å². The summed E-state index contributed by atoms with van der Waals surface area (Å²) in [5, 5.41) is 0. The maximum absolute atomic E-state index is 12.0. The third-order valence-electron chi connectivity index (χ3n) is 2.86. The van der Waals surface area contributed by atoms with E-state index in [0.29, 0.717) is 11.3 Å². The van der Waals surface area contributed by atoms with Gasteiger partial charge in [0.1, 0.15) is 11.5 Å². The van der Waals surface area contributed by atoms with Crippen molar-refractivity contribution in [1.82, 2.24) is 0 Å². The number of hydrogen-bond acceptors (Lipinski definition) is 6.